The number of aliphatic hydroxyl groups is 1. The van der Waals surface area contributed by atoms with E-state index in [2.05, 4.69) is 19.9 Å². The summed E-state index contributed by atoms with van der Waals surface area (Å²) >= 11 is 0. The van der Waals surface area contributed by atoms with Crippen molar-refractivity contribution in [3.63, 3.8) is 0 Å². The van der Waals surface area contributed by atoms with Crippen LogP contribution in [-0.4, -0.2) is 11.2 Å². The molecule has 1 atom stereocenters. The van der Waals surface area contributed by atoms with E-state index in [1.165, 1.54) is 5.57 Å². The Morgan fingerprint density at radius 3 is 2.40 bits per heavy atom. The Bertz CT molecular complexity index is 103. The minimum atomic E-state index is -0.253. The molecule has 0 heterocycles. The molecular weight excluding hydrogens is 124 g/mol. The lowest BCUT2D eigenvalue weighted by molar-refractivity contribution is 0.227. The molecule has 0 bridgehead atoms. The predicted octanol–water partition coefficient (Wildman–Crippen LogP) is 2.50. The summed E-state index contributed by atoms with van der Waals surface area (Å²) < 4.78 is 0. The van der Waals surface area contributed by atoms with Crippen molar-refractivity contribution in [1.29, 1.82) is 0 Å². The molecule has 1 unspecified atom stereocenters. The van der Waals surface area contributed by atoms with Gasteiger partial charge in [-0.25, -0.2) is 0 Å². The first kappa shape index (κ1) is 9.70. The van der Waals surface area contributed by atoms with Gasteiger partial charge < -0.3 is 5.11 Å². The molecule has 0 saturated heterocycles. The van der Waals surface area contributed by atoms with Gasteiger partial charge in [0.05, 0.1) is 6.10 Å². The zero-order chi connectivity index (χ0) is 7.98. The van der Waals surface area contributed by atoms with Crippen molar-refractivity contribution in [3.05, 3.63) is 11.6 Å². The lowest BCUT2D eigenvalue weighted by atomic mass is 10.1. The highest BCUT2D eigenvalue weighted by molar-refractivity contribution is 5.05. The van der Waals surface area contributed by atoms with Crippen LogP contribution in [0.3, 0.4) is 0 Å². The zero-order valence-corrected chi connectivity index (χ0v) is 7.22. The molecule has 10 heavy (non-hydrogen) atoms. The van der Waals surface area contributed by atoms with Gasteiger partial charge in [0.15, 0.2) is 0 Å². The van der Waals surface area contributed by atoms with Gasteiger partial charge in [0.2, 0.25) is 0 Å². The van der Waals surface area contributed by atoms with Crippen LogP contribution in [0.1, 0.15) is 40.0 Å². The topological polar surface area (TPSA) is 20.2 Å². The molecule has 0 rings (SSSR count). The first-order chi connectivity index (χ1) is 4.72. The molecule has 1 nitrogen and oxygen atoms in total. The second-order valence-electron chi connectivity index (χ2n) is 2.60. The van der Waals surface area contributed by atoms with Gasteiger partial charge >= 0.3 is 0 Å². The average Bonchev–Trinajstić information content (AvgIpc) is 1.89. The molecule has 0 fully saturated rings. The van der Waals surface area contributed by atoms with E-state index in [1.54, 1.807) is 0 Å². The number of aliphatic hydroxyl groups excluding tert-OH is 1. The Kier molecular flexibility index (Phi) is 5.32. The summed E-state index contributed by atoms with van der Waals surface area (Å²) in [6.07, 6.45) is 5.11. The maximum absolute atomic E-state index is 9.17. The highest BCUT2D eigenvalue weighted by Gasteiger charge is 1.99. The van der Waals surface area contributed by atoms with Crippen LogP contribution in [-0.2, 0) is 0 Å². The van der Waals surface area contributed by atoms with E-state index in [0.717, 1.165) is 19.3 Å². The van der Waals surface area contributed by atoms with E-state index in [1.807, 2.05) is 6.92 Å². The minimum absolute atomic E-state index is 0.253. The fraction of sp³-hybridized carbons (Fsp3) is 0.778. The number of allylic oxidation sites excluding steroid dienone is 1. The third-order valence-electron chi connectivity index (χ3n) is 1.64. The molecule has 1 N–H and O–H groups in total. The van der Waals surface area contributed by atoms with Gasteiger partial charge in [-0.05, 0) is 25.3 Å². The third kappa shape index (κ3) is 3.67. The fourth-order valence-corrected chi connectivity index (χ4v) is 0.940. The van der Waals surface area contributed by atoms with Crippen LogP contribution < -0.4 is 0 Å². The van der Waals surface area contributed by atoms with E-state index in [9.17, 15) is 5.11 Å². The van der Waals surface area contributed by atoms with Crippen molar-refractivity contribution in [2.75, 3.05) is 0 Å². The zero-order valence-electron chi connectivity index (χ0n) is 7.22. The highest BCUT2D eigenvalue weighted by atomic mass is 16.3. The van der Waals surface area contributed by atoms with Crippen LogP contribution in [0, 0.1) is 0 Å². The van der Waals surface area contributed by atoms with Crippen LogP contribution in [0.4, 0.5) is 0 Å². The monoisotopic (exact) mass is 142 g/mol. The first-order valence-electron chi connectivity index (χ1n) is 4.09. The molecule has 0 radical (unpaired) electrons. The smallest absolute Gasteiger partial charge is 0.0721 e. The summed E-state index contributed by atoms with van der Waals surface area (Å²) in [5.41, 5.74) is 1.17. The fourth-order valence-electron chi connectivity index (χ4n) is 0.940. The van der Waals surface area contributed by atoms with E-state index >= 15 is 0 Å². The van der Waals surface area contributed by atoms with Crippen molar-refractivity contribution >= 4 is 0 Å². The number of hydrogen-bond donors (Lipinski definition) is 1. The third-order valence-corrected chi connectivity index (χ3v) is 1.64. The SMILES string of the molecule is CCC/C=C(/CC)C(C)O. The first-order valence-corrected chi connectivity index (χ1v) is 4.09. The van der Waals surface area contributed by atoms with Gasteiger partial charge in [0.1, 0.15) is 0 Å². The number of hydrogen-bond acceptors (Lipinski definition) is 1. The standard InChI is InChI=1S/C9H18O/c1-4-6-7-9(5-2)8(3)10/h7-8,10H,4-6H2,1-3H3/b9-7-. The lowest BCUT2D eigenvalue weighted by Crippen LogP contribution is -2.03. The Hall–Kier alpha value is -0.300. The maximum Gasteiger partial charge on any atom is 0.0721 e. The summed E-state index contributed by atoms with van der Waals surface area (Å²) in [5, 5.41) is 9.17. The lowest BCUT2D eigenvalue weighted by Gasteiger charge is -2.06. The van der Waals surface area contributed by atoms with Crippen molar-refractivity contribution in [2.24, 2.45) is 0 Å². The molecule has 0 saturated carbocycles. The molecular formula is C9H18O. The normalized spacial score (nSPS) is 15.4. The van der Waals surface area contributed by atoms with Crippen LogP contribution in [0.5, 0.6) is 0 Å². The van der Waals surface area contributed by atoms with Crippen molar-refractivity contribution < 1.29 is 5.11 Å². The summed E-state index contributed by atoms with van der Waals surface area (Å²) in [6, 6.07) is 0. The van der Waals surface area contributed by atoms with Gasteiger partial charge in [-0.3, -0.25) is 0 Å². The van der Waals surface area contributed by atoms with Crippen molar-refractivity contribution in [2.45, 2.75) is 46.1 Å². The van der Waals surface area contributed by atoms with Gasteiger partial charge in [-0.1, -0.05) is 26.3 Å². The molecule has 0 aromatic rings. The average molecular weight is 142 g/mol. The van der Waals surface area contributed by atoms with Gasteiger partial charge in [0.25, 0.3) is 0 Å². The Morgan fingerprint density at radius 1 is 1.50 bits per heavy atom. The molecule has 60 valence electrons. The minimum Gasteiger partial charge on any atom is -0.389 e. The summed E-state index contributed by atoms with van der Waals surface area (Å²) in [5.74, 6) is 0. The second kappa shape index (κ2) is 5.48. The molecule has 0 aromatic heterocycles. The predicted molar refractivity (Wildman–Crippen MR) is 45.0 cm³/mol. The summed E-state index contributed by atoms with van der Waals surface area (Å²) in [7, 11) is 0. The number of rotatable bonds is 4. The molecule has 0 spiro atoms. The second-order valence-corrected chi connectivity index (χ2v) is 2.60. The maximum atomic E-state index is 9.17. The Balaban J connectivity index is 3.79. The Labute approximate surface area is 63.8 Å². The summed E-state index contributed by atoms with van der Waals surface area (Å²) in [6.45, 7) is 6.05. The molecule has 1 heteroatoms. The van der Waals surface area contributed by atoms with E-state index in [-0.39, 0.29) is 6.10 Å². The van der Waals surface area contributed by atoms with Gasteiger partial charge in [-0.15, -0.1) is 0 Å². The highest BCUT2D eigenvalue weighted by Crippen LogP contribution is 2.08. The van der Waals surface area contributed by atoms with Crippen LogP contribution in [0.25, 0.3) is 0 Å². The molecule has 0 aliphatic carbocycles. The molecule has 0 aromatic carbocycles. The van der Waals surface area contributed by atoms with Crippen LogP contribution in [0.2, 0.25) is 0 Å². The van der Waals surface area contributed by atoms with Gasteiger partial charge in [0, 0.05) is 0 Å². The number of unbranched alkanes of at least 4 members (excludes halogenated alkanes) is 1. The molecule has 0 amide bonds. The van der Waals surface area contributed by atoms with Crippen molar-refractivity contribution in [1.82, 2.24) is 0 Å². The molecule has 0 aliphatic heterocycles. The van der Waals surface area contributed by atoms with Crippen LogP contribution >= 0.6 is 0 Å². The Morgan fingerprint density at radius 2 is 2.10 bits per heavy atom. The molecule has 0 aliphatic rings. The van der Waals surface area contributed by atoms with E-state index in [0.29, 0.717) is 0 Å². The largest absolute Gasteiger partial charge is 0.389 e. The van der Waals surface area contributed by atoms with E-state index in [4.69, 9.17) is 0 Å². The van der Waals surface area contributed by atoms with Crippen molar-refractivity contribution in [3.8, 4) is 0 Å². The van der Waals surface area contributed by atoms with Gasteiger partial charge in [-0.2, -0.15) is 0 Å². The summed E-state index contributed by atoms with van der Waals surface area (Å²) in [4.78, 5) is 0. The quantitative estimate of drug-likeness (QED) is 0.598. The van der Waals surface area contributed by atoms with E-state index < -0.39 is 0 Å². The van der Waals surface area contributed by atoms with Crippen LogP contribution in [0.15, 0.2) is 11.6 Å².